The molecule has 1 aromatic heterocycles. The van der Waals surface area contributed by atoms with E-state index in [-0.39, 0.29) is 5.91 Å². The van der Waals surface area contributed by atoms with Gasteiger partial charge in [-0.1, -0.05) is 24.3 Å². The Morgan fingerprint density at radius 3 is 2.50 bits per heavy atom. The molecule has 0 bridgehead atoms. The van der Waals surface area contributed by atoms with Crippen molar-refractivity contribution >= 4 is 28.4 Å². The largest absolute Gasteiger partial charge is 0.497 e. The number of aryl methyl sites for hydroxylation is 2. The van der Waals surface area contributed by atoms with Crippen LogP contribution in [0, 0.1) is 0 Å². The van der Waals surface area contributed by atoms with E-state index in [1.807, 2.05) is 30.3 Å². The van der Waals surface area contributed by atoms with Crippen LogP contribution >= 0.6 is 0 Å². The number of anilines is 1. The molecule has 2 amide bonds. The number of carbonyl (C=O) groups excluding carboxylic acids is 2. The number of benzene rings is 3. The molecule has 4 aromatic rings. The number of nitrogens with two attached hydrogens (primary N) is 1. The molecule has 0 fully saturated rings. The summed E-state index contributed by atoms with van der Waals surface area (Å²) in [6, 6.07) is 20.0. The Morgan fingerprint density at radius 2 is 1.75 bits per heavy atom. The normalized spacial score (nSPS) is 10.7. The second-order valence-electron chi connectivity index (χ2n) is 7.27. The first-order chi connectivity index (χ1) is 15.5. The molecule has 0 saturated carbocycles. The van der Waals surface area contributed by atoms with E-state index < -0.39 is 5.91 Å². The van der Waals surface area contributed by atoms with Gasteiger partial charge < -0.3 is 15.8 Å². The number of nitrogens with zero attached hydrogens (tertiary/aromatic N) is 2. The van der Waals surface area contributed by atoms with Gasteiger partial charge in [0.15, 0.2) is 0 Å². The molecule has 0 aliphatic carbocycles. The van der Waals surface area contributed by atoms with E-state index in [0.29, 0.717) is 40.9 Å². The SMILES string of the molecule is COc1ccc(C(=O)Nc2cccc(CCc3ncnc4c(C(N)=O)cccc34)c2)cc1. The molecule has 0 saturated heterocycles. The molecule has 1 heterocycles. The highest BCUT2D eigenvalue weighted by Crippen LogP contribution is 2.21. The number of ether oxygens (including phenoxy) is 1. The van der Waals surface area contributed by atoms with Crippen molar-refractivity contribution in [3.8, 4) is 5.75 Å². The van der Waals surface area contributed by atoms with Gasteiger partial charge >= 0.3 is 0 Å². The minimum atomic E-state index is -0.513. The Hall–Kier alpha value is -4.26. The minimum absolute atomic E-state index is 0.189. The van der Waals surface area contributed by atoms with E-state index in [1.165, 1.54) is 6.33 Å². The number of hydrogen-bond acceptors (Lipinski definition) is 5. The lowest BCUT2D eigenvalue weighted by molar-refractivity contribution is 0.0998. The maximum atomic E-state index is 12.5. The van der Waals surface area contributed by atoms with Gasteiger partial charge in [-0.05, 0) is 60.9 Å². The van der Waals surface area contributed by atoms with Crippen LogP contribution in [0.3, 0.4) is 0 Å². The predicted octanol–water partition coefficient (Wildman–Crippen LogP) is 3.77. The standard InChI is InChI=1S/C25H22N4O3/c1-32-19-11-9-17(10-12-19)25(31)29-18-5-2-4-16(14-18)8-13-22-20-6-3-7-21(24(26)30)23(20)28-15-27-22/h2-7,9-12,14-15H,8,13H2,1H3,(H2,26,30)(H,29,31). The number of carbonyl (C=O) groups is 2. The molecule has 3 aromatic carbocycles. The maximum absolute atomic E-state index is 12.5. The third-order valence-electron chi connectivity index (χ3n) is 5.20. The summed E-state index contributed by atoms with van der Waals surface area (Å²) in [5, 5.41) is 3.74. The third kappa shape index (κ3) is 4.57. The monoisotopic (exact) mass is 426 g/mol. The Bertz CT molecular complexity index is 1290. The van der Waals surface area contributed by atoms with Crippen LogP contribution in [0.25, 0.3) is 10.9 Å². The molecular formula is C25H22N4O3. The number of amides is 2. The Labute approximate surface area is 185 Å². The molecule has 0 atom stereocenters. The quantitative estimate of drug-likeness (QED) is 0.468. The third-order valence-corrected chi connectivity index (χ3v) is 5.20. The van der Waals surface area contributed by atoms with Crippen LogP contribution < -0.4 is 15.8 Å². The maximum Gasteiger partial charge on any atom is 0.255 e. The van der Waals surface area contributed by atoms with Crippen molar-refractivity contribution in [2.45, 2.75) is 12.8 Å². The molecule has 7 heteroatoms. The Kier molecular flexibility index (Phi) is 6.07. The first-order valence-corrected chi connectivity index (χ1v) is 10.1. The van der Waals surface area contributed by atoms with E-state index in [4.69, 9.17) is 10.5 Å². The van der Waals surface area contributed by atoms with E-state index in [0.717, 1.165) is 16.6 Å². The average molecular weight is 426 g/mol. The summed E-state index contributed by atoms with van der Waals surface area (Å²) >= 11 is 0. The summed E-state index contributed by atoms with van der Waals surface area (Å²) in [4.78, 5) is 32.9. The van der Waals surface area contributed by atoms with E-state index >= 15 is 0 Å². The molecular weight excluding hydrogens is 404 g/mol. The second kappa shape index (κ2) is 9.26. The molecule has 0 unspecified atom stereocenters. The molecule has 0 aliphatic rings. The Morgan fingerprint density at radius 1 is 0.969 bits per heavy atom. The molecule has 0 spiro atoms. The highest BCUT2D eigenvalue weighted by atomic mass is 16.5. The van der Waals surface area contributed by atoms with Crippen molar-refractivity contribution in [3.63, 3.8) is 0 Å². The fraction of sp³-hybridized carbons (Fsp3) is 0.120. The number of fused-ring (bicyclic) bond motifs is 1. The molecule has 0 radical (unpaired) electrons. The lowest BCUT2D eigenvalue weighted by Gasteiger charge is -2.09. The molecule has 3 N–H and O–H groups in total. The van der Waals surface area contributed by atoms with Gasteiger partial charge in [-0.3, -0.25) is 9.59 Å². The number of rotatable bonds is 7. The van der Waals surface area contributed by atoms with Crippen LogP contribution in [-0.2, 0) is 12.8 Å². The topological polar surface area (TPSA) is 107 Å². The van der Waals surface area contributed by atoms with E-state index in [1.54, 1.807) is 43.5 Å². The van der Waals surface area contributed by atoms with Crippen molar-refractivity contribution < 1.29 is 14.3 Å². The minimum Gasteiger partial charge on any atom is -0.497 e. The van der Waals surface area contributed by atoms with Gasteiger partial charge in [0.05, 0.1) is 23.9 Å². The zero-order chi connectivity index (χ0) is 22.5. The number of primary amides is 1. The van der Waals surface area contributed by atoms with E-state index in [2.05, 4.69) is 15.3 Å². The molecule has 7 nitrogen and oxygen atoms in total. The first kappa shape index (κ1) is 21.0. The summed E-state index contributed by atoms with van der Waals surface area (Å²) in [5.74, 6) is -0.00475. The molecule has 32 heavy (non-hydrogen) atoms. The number of methoxy groups -OCH3 is 1. The zero-order valence-corrected chi connectivity index (χ0v) is 17.5. The lowest BCUT2D eigenvalue weighted by atomic mass is 10.0. The van der Waals surface area contributed by atoms with Crippen LogP contribution in [0.1, 0.15) is 32.0 Å². The summed E-state index contributed by atoms with van der Waals surface area (Å²) in [6.45, 7) is 0. The predicted molar refractivity (Wildman–Crippen MR) is 123 cm³/mol. The number of hydrogen-bond donors (Lipinski definition) is 2. The van der Waals surface area contributed by atoms with Crippen molar-refractivity contribution in [2.75, 3.05) is 12.4 Å². The summed E-state index contributed by atoms with van der Waals surface area (Å²) in [7, 11) is 1.58. The lowest BCUT2D eigenvalue weighted by Crippen LogP contribution is -2.12. The zero-order valence-electron chi connectivity index (χ0n) is 17.5. The van der Waals surface area contributed by atoms with Crippen LogP contribution in [-0.4, -0.2) is 28.9 Å². The van der Waals surface area contributed by atoms with Crippen LogP contribution in [0.5, 0.6) is 5.75 Å². The fourth-order valence-corrected chi connectivity index (χ4v) is 3.55. The van der Waals surface area contributed by atoms with E-state index in [9.17, 15) is 9.59 Å². The smallest absolute Gasteiger partial charge is 0.255 e. The van der Waals surface area contributed by atoms with Crippen molar-refractivity contribution in [2.24, 2.45) is 5.73 Å². The fourth-order valence-electron chi connectivity index (χ4n) is 3.55. The molecule has 160 valence electrons. The highest BCUT2D eigenvalue weighted by molar-refractivity contribution is 6.05. The van der Waals surface area contributed by atoms with Gasteiger partial charge in [0.25, 0.3) is 11.8 Å². The molecule has 4 rings (SSSR count). The molecule has 0 aliphatic heterocycles. The van der Waals surface area contributed by atoms with Gasteiger partial charge in [0.1, 0.15) is 12.1 Å². The van der Waals surface area contributed by atoms with Gasteiger partial charge in [0.2, 0.25) is 0 Å². The summed E-state index contributed by atoms with van der Waals surface area (Å²) in [5.41, 5.74) is 9.57. The second-order valence-corrected chi connectivity index (χ2v) is 7.27. The number of nitrogens with one attached hydrogen (secondary N) is 1. The number of aromatic nitrogens is 2. The van der Waals surface area contributed by atoms with Crippen LogP contribution in [0.4, 0.5) is 5.69 Å². The van der Waals surface area contributed by atoms with Gasteiger partial charge in [-0.2, -0.15) is 0 Å². The number of para-hydroxylation sites is 1. The van der Waals surface area contributed by atoms with Gasteiger partial charge in [-0.25, -0.2) is 9.97 Å². The van der Waals surface area contributed by atoms with Crippen molar-refractivity contribution in [1.82, 2.24) is 9.97 Å². The van der Waals surface area contributed by atoms with Crippen LogP contribution in [0.15, 0.2) is 73.1 Å². The Balaban J connectivity index is 1.48. The average Bonchev–Trinajstić information content (AvgIpc) is 2.82. The highest BCUT2D eigenvalue weighted by Gasteiger charge is 2.12. The van der Waals surface area contributed by atoms with Crippen molar-refractivity contribution in [3.05, 3.63) is 95.4 Å². The first-order valence-electron chi connectivity index (χ1n) is 10.1. The summed E-state index contributed by atoms with van der Waals surface area (Å²) in [6.07, 6.45) is 2.81. The van der Waals surface area contributed by atoms with Gasteiger partial charge in [-0.15, -0.1) is 0 Å². The van der Waals surface area contributed by atoms with Crippen LogP contribution in [0.2, 0.25) is 0 Å². The van der Waals surface area contributed by atoms with Gasteiger partial charge in [0, 0.05) is 16.6 Å². The van der Waals surface area contributed by atoms with Crippen molar-refractivity contribution in [1.29, 1.82) is 0 Å². The summed E-state index contributed by atoms with van der Waals surface area (Å²) < 4.78 is 5.13.